The summed E-state index contributed by atoms with van der Waals surface area (Å²) in [5.74, 6) is -1.08. The summed E-state index contributed by atoms with van der Waals surface area (Å²) in [4.78, 5) is 15.0. The number of ether oxygens (including phenoxy) is 1. The van der Waals surface area contributed by atoms with Crippen molar-refractivity contribution >= 4 is 16.4 Å². The second-order valence-corrected chi connectivity index (χ2v) is 21.6. The first-order chi connectivity index (χ1) is 31.4. The molecule has 0 saturated carbocycles. The molecule has 2 fully saturated rings. The molecule has 10 heteroatoms. The van der Waals surface area contributed by atoms with Crippen molar-refractivity contribution < 1.29 is 36.9 Å². The van der Waals surface area contributed by atoms with Crippen molar-refractivity contribution in [2.45, 2.75) is 150 Å². The molecule has 2 heterocycles. The zero-order valence-corrected chi connectivity index (χ0v) is 42.8. The molecular weight excluding hydrogens is 859 g/mol. The lowest BCUT2D eigenvalue weighted by Crippen LogP contribution is -2.44. The molecule has 2 saturated heterocycles. The monoisotopic (exact) mass is 938 g/mol. The maximum Gasteiger partial charge on any atom is 0.397 e. The molecule has 1 aromatic carbocycles. The Bertz CT molecular complexity index is 2290. The third-order valence-electron chi connectivity index (χ3n) is 13.5. The number of carbonyl (C=O) groups is 1. The van der Waals surface area contributed by atoms with Gasteiger partial charge in [0.05, 0.1) is 18.8 Å². The summed E-state index contributed by atoms with van der Waals surface area (Å²) in [7, 11) is -2.52. The average Bonchev–Trinajstić information content (AvgIpc) is 3.40. The minimum Gasteiger partial charge on any atom is -0.462 e. The van der Waals surface area contributed by atoms with E-state index in [0.717, 1.165) is 44.9 Å². The van der Waals surface area contributed by atoms with Gasteiger partial charge in [-0.05, 0) is 116 Å². The Kier molecular flexibility index (Phi) is 20.8. The van der Waals surface area contributed by atoms with Gasteiger partial charge in [0, 0.05) is 18.0 Å². The molecular formula is C57H79NO8S. The van der Waals surface area contributed by atoms with Crippen LogP contribution < -0.4 is 0 Å². The van der Waals surface area contributed by atoms with E-state index in [2.05, 4.69) is 170 Å². The van der Waals surface area contributed by atoms with Crippen LogP contribution in [0.5, 0.6) is 0 Å². The predicted molar refractivity (Wildman–Crippen MR) is 274 cm³/mol. The Morgan fingerprint density at radius 1 is 0.806 bits per heavy atom. The fourth-order valence-electron chi connectivity index (χ4n) is 9.99. The van der Waals surface area contributed by atoms with Crippen molar-refractivity contribution in [3.05, 3.63) is 166 Å². The molecule has 366 valence electrons. The highest BCUT2D eigenvalue weighted by Gasteiger charge is 2.41. The van der Waals surface area contributed by atoms with Gasteiger partial charge in [-0.15, -0.1) is 0 Å². The third-order valence-corrected chi connectivity index (χ3v) is 14.0. The summed E-state index contributed by atoms with van der Waals surface area (Å²) in [6.07, 6.45) is 37.4. The number of fused-ring (bicyclic) bond motifs is 2. The largest absolute Gasteiger partial charge is 0.462 e. The van der Waals surface area contributed by atoms with E-state index >= 15 is 0 Å². The van der Waals surface area contributed by atoms with Crippen LogP contribution in [0.4, 0.5) is 0 Å². The van der Waals surface area contributed by atoms with Crippen LogP contribution in [0.1, 0.15) is 126 Å². The van der Waals surface area contributed by atoms with E-state index in [1.54, 1.807) is 30.3 Å². The van der Waals surface area contributed by atoms with E-state index in [-0.39, 0.29) is 29.1 Å². The average molecular weight is 938 g/mol. The van der Waals surface area contributed by atoms with Crippen LogP contribution in [0.15, 0.2) is 160 Å². The van der Waals surface area contributed by atoms with Crippen LogP contribution in [0.3, 0.4) is 0 Å². The number of hydrogen-bond donors (Lipinski definition) is 3. The number of hydrogen-bond acceptors (Lipinski definition) is 8. The summed E-state index contributed by atoms with van der Waals surface area (Å²) >= 11 is 0. The zero-order chi connectivity index (χ0) is 49.5. The molecule has 0 spiro atoms. The number of aliphatic hydroxyl groups excluding tert-OH is 2. The first-order valence-electron chi connectivity index (χ1n) is 23.9. The maximum atomic E-state index is 12.7. The van der Waals surface area contributed by atoms with E-state index in [9.17, 15) is 23.4 Å². The summed E-state index contributed by atoms with van der Waals surface area (Å²) in [5.41, 5.74) is 9.32. The Morgan fingerprint density at radius 3 is 1.88 bits per heavy atom. The highest BCUT2D eigenvalue weighted by molar-refractivity contribution is 7.80. The molecule has 7 atom stereocenters. The zero-order valence-electron chi connectivity index (χ0n) is 42.0. The van der Waals surface area contributed by atoms with Crippen LogP contribution in [-0.4, -0.2) is 78.1 Å². The second-order valence-electron chi connectivity index (χ2n) is 20.5. The van der Waals surface area contributed by atoms with Gasteiger partial charge in [-0.25, -0.2) is 4.18 Å². The standard InChI is InChI=1S/C40H56O2.C17H23NO6S/c1-29(17-13-19-31(3)21-23-37-33(5)25-35(41)27-39(37,7)8)15-11-12-16-30(2)18-14-20-32(4)22-24-38-34(6)26-36(42)28-40(38,9)10;1-18-13-7-8-14(18)10-15(9-13)24-17(19)16(11-23-25(20,21)22)12-5-3-2-4-6-12/h11-25,35-37,41-42H,26-28H2,1-10H3;2-6,13-16H,7-11H2,1H3,(H,20,21,22)/b12-11+,17-13+,18-14+,23-21+,24-22+,29-15+,30-16+,31-19+,32-20+;/t35-,36+,37-;13-,14+,15+,16?/m0./s1. The predicted octanol–water partition coefficient (Wildman–Crippen LogP) is 12.2. The summed E-state index contributed by atoms with van der Waals surface area (Å²) in [5, 5.41) is 20.2. The summed E-state index contributed by atoms with van der Waals surface area (Å²) in [6.45, 7) is 21.1. The molecule has 2 aliphatic carbocycles. The van der Waals surface area contributed by atoms with Crippen molar-refractivity contribution in [1.82, 2.24) is 4.90 Å². The van der Waals surface area contributed by atoms with Gasteiger partial charge < -0.3 is 19.8 Å². The fourth-order valence-corrected chi connectivity index (χ4v) is 10.3. The molecule has 9 nitrogen and oxygen atoms in total. The van der Waals surface area contributed by atoms with E-state index in [1.807, 2.05) is 6.08 Å². The summed E-state index contributed by atoms with van der Waals surface area (Å²) in [6, 6.07) is 9.57. The lowest BCUT2D eigenvalue weighted by molar-refractivity contribution is -0.155. The highest BCUT2D eigenvalue weighted by Crippen LogP contribution is 2.43. The van der Waals surface area contributed by atoms with Gasteiger partial charge in [-0.1, -0.05) is 183 Å². The topological polar surface area (TPSA) is 134 Å². The smallest absolute Gasteiger partial charge is 0.397 e. The fraction of sp³-hybridized carbons (Fsp3) is 0.491. The van der Waals surface area contributed by atoms with Crippen molar-refractivity contribution in [1.29, 1.82) is 0 Å². The molecule has 67 heavy (non-hydrogen) atoms. The molecule has 4 aliphatic rings. The number of carbonyl (C=O) groups excluding carboxylic acids is 1. The number of esters is 1. The van der Waals surface area contributed by atoms with Gasteiger partial charge in [0.25, 0.3) is 0 Å². The van der Waals surface area contributed by atoms with E-state index in [4.69, 9.17) is 9.29 Å². The van der Waals surface area contributed by atoms with Crippen molar-refractivity contribution in [2.24, 2.45) is 16.7 Å². The maximum absolute atomic E-state index is 12.7. The molecule has 1 aromatic rings. The van der Waals surface area contributed by atoms with Crippen molar-refractivity contribution in [3.8, 4) is 0 Å². The molecule has 0 radical (unpaired) electrons. The Morgan fingerprint density at radius 2 is 1.34 bits per heavy atom. The normalized spacial score (nSPS) is 27.0. The number of piperidine rings is 1. The van der Waals surface area contributed by atoms with Gasteiger partial charge >= 0.3 is 16.4 Å². The van der Waals surface area contributed by atoms with Crippen molar-refractivity contribution in [2.75, 3.05) is 13.7 Å². The first-order valence-corrected chi connectivity index (χ1v) is 25.2. The van der Waals surface area contributed by atoms with Crippen LogP contribution in [0, 0.1) is 16.7 Å². The molecule has 0 aromatic heterocycles. The molecule has 2 bridgehead atoms. The Balaban J connectivity index is 0.000000331. The van der Waals surface area contributed by atoms with Crippen molar-refractivity contribution in [3.63, 3.8) is 0 Å². The molecule has 5 rings (SSSR count). The van der Waals surface area contributed by atoms with Crippen LogP contribution in [-0.2, 0) is 24.1 Å². The molecule has 2 aliphatic heterocycles. The SMILES string of the molecule is CC1=C[C@H](O)CC(C)(C)[C@H]1/C=C/C(C)=C/C=C/C(C)=C/C=C/C=C(C)/C=C/C=C(C)/C=C/C1=C(C)C[C@@H](O)CC1(C)C.CN1[C@@H]2CC[C@H]1C[C@@H](OC(=O)C(COS(=O)(=O)O)c1ccccc1)C2. The van der Waals surface area contributed by atoms with Crippen LogP contribution in [0.2, 0.25) is 0 Å². The number of allylic oxidation sites excluding steroid dienone is 20. The van der Waals surface area contributed by atoms with Crippen LogP contribution >= 0.6 is 0 Å². The van der Waals surface area contributed by atoms with Gasteiger partial charge in [0.1, 0.15) is 12.0 Å². The first kappa shape index (κ1) is 55.2. The van der Waals surface area contributed by atoms with Gasteiger partial charge in [-0.3, -0.25) is 9.35 Å². The van der Waals surface area contributed by atoms with E-state index in [1.165, 1.54) is 39.0 Å². The molecule has 0 amide bonds. The highest BCUT2D eigenvalue weighted by atomic mass is 32.3. The number of rotatable bonds is 16. The number of nitrogens with zero attached hydrogens (tertiary/aromatic N) is 1. The minimum absolute atomic E-state index is 0.00528. The van der Waals surface area contributed by atoms with Gasteiger partial charge in [0.15, 0.2) is 0 Å². The van der Waals surface area contributed by atoms with Crippen LogP contribution in [0.25, 0.3) is 0 Å². The number of benzene rings is 1. The lowest BCUT2D eigenvalue weighted by Gasteiger charge is -2.38. The van der Waals surface area contributed by atoms with Gasteiger partial charge in [0.2, 0.25) is 0 Å². The quantitative estimate of drug-likeness (QED) is 0.0641. The lowest BCUT2D eigenvalue weighted by atomic mass is 9.67. The Hall–Kier alpha value is -4.42. The molecule has 1 unspecified atom stereocenters. The minimum atomic E-state index is -4.62. The number of aliphatic hydroxyl groups is 2. The third kappa shape index (κ3) is 18.2. The van der Waals surface area contributed by atoms with E-state index < -0.39 is 28.9 Å². The van der Waals surface area contributed by atoms with E-state index in [0.29, 0.717) is 23.6 Å². The van der Waals surface area contributed by atoms with Gasteiger partial charge in [-0.2, -0.15) is 8.42 Å². The second kappa shape index (κ2) is 25.3. The molecule has 3 N–H and O–H groups in total. The Labute approximate surface area is 403 Å². The summed E-state index contributed by atoms with van der Waals surface area (Å²) < 4.78 is 40.7.